The number of hydrogen-bond donors (Lipinski definition) is 1. The number of amides is 1. The molecule has 0 bridgehead atoms. The maximum Gasteiger partial charge on any atom is 0.262 e. The molecule has 0 aromatic heterocycles. The van der Waals surface area contributed by atoms with Gasteiger partial charge in [-0.1, -0.05) is 29.8 Å². The van der Waals surface area contributed by atoms with Crippen molar-refractivity contribution in [1.29, 1.82) is 0 Å². The van der Waals surface area contributed by atoms with Crippen LogP contribution in [0, 0.1) is 13.8 Å². The lowest BCUT2D eigenvalue weighted by molar-refractivity contribution is -0.118. The third-order valence-corrected chi connectivity index (χ3v) is 3.43. The molecule has 0 radical (unpaired) electrons. The Morgan fingerprint density at radius 1 is 1.18 bits per heavy atom. The Hall–Kier alpha value is -2.20. The fourth-order valence-corrected chi connectivity index (χ4v) is 2.30. The number of rotatable bonds is 5. The number of carbonyl (C=O) groups is 1. The van der Waals surface area contributed by atoms with Crippen LogP contribution < -0.4 is 14.8 Å². The standard InChI is InChI=1S/C17H18ClNO3/c1-11-5-4-6-12(2)17(11)22-10-16(20)19-14-9-13(18)7-8-15(14)21-3/h4-9H,10H2,1-3H3,(H,19,20). The van der Waals surface area contributed by atoms with E-state index in [1.54, 1.807) is 18.2 Å². The van der Waals surface area contributed by atoms with Crippen LogP contribution >= 0.6 is 11.6 Å². The molecule has 0 heterocycles. The summed E-state index contributed by atoms with van der Waals surface area (Å²) in [6, 6.07) is 10.9. The number of anilines is 1. The van der Waals surface area contributed by atoms with Crippen molar-refractivity contribution >= 4 is 23.2 Å². The first-order valence-corrected chi connectivity index (χ1v) is 7.21. The lowest BCUT2D eigenvalue weighted by Crippen LogP contribution is -2.21. The summed E-state index contributed by atoms with van der Waals surface area (Å²) in [4.78, 5) is 12.1. The predicted octanol–water partition coefficient (Wildman–Crippen LogP) is 3.98. The van der Waals surface area contributed by atoms with E-state index < -0.39 is 0 Å². The Kier molecular flexibility index (Phi) is 5.28. The smallest absolute Gasteiger partial charge is 0.262 e. The minimum Gasteiger partial charge on any atom is -0.495 e. The Bertz CT molecular complexity index is 665. The third-order valence-electron chi connectivity index (χ3n) is 3.19. The summed E-state index contributed by atoms with van der Waals surface area (Å²) in [7, 11) is 1.53. The van der Waals surface area contributed by atoms with Gasteiger partial charge in [0.05, 0.1) is 12.8 Å². The van der Waals surface area contributed by atoms with Crippen LogP contribution in [-0.2, 0) is 4.79 Å². The first-order chi connectivity index (χ1) is 10.5. The number of halogens is 1. The summed E-state index contributed by atoms with van der Waals surface area (Å²) in [6.45, 7) is 3.81. The fraction of sp³-hybridized carbons (Fsp3) is 0.235. The molecule has 116 valence electrons. The molecular formula is C17H18ClNO3. The van der Waals surface area contributed by atoms with Crippen molar-refractivity contribution in [3.8, 4) is 11.5 Å². The van der Waals surface area contributed by atoms with E-state index in [0.717, 1.165) is 16.9 Å². The number of nitrogens with one attached hydrogen (secondary N) is 1. The Balaban J connectivity index is 2.03. The topological polar surface area (TPSA) is 47.6 Å². The van der Waals surface area contributed by atoms with E-state index in [4.69, 9.17) is 21.1 Å². The number of aryl methyl sites for hydroxylation is 2. The summed E-state index contributed by atoms with van der Waals surface area (Å²) in [6.07, 6.45) is 0. The number of para-hydroxylation sites is 1. The lowest BCUT2D eigenvalue weighted by atomic mass is 10.1. The number of methoxy groups -OCH3 is 1. The van der Waals surface area contributed by atoms with Crippen LogP contribution in [0.2, 0.25) is 5.02 Å². The van der Waals surface area contributed by atoms with Gasteiger partial charge in [-0.25, -0.2) is 0 Å². The Morgan fingerprint density at radius 3 is 2.50 bits per heavy atom. The van der Waals surface area contributed by atoms with E-state index in [9.17, 15) is 4.79 Å². The summed E-state index contributed by atoms with van der Waals surface area (Å²) >= 11 is 5.93. The zero-order valence-electron chi connectivity index (χ0n) is 12.8. The second-order valence-corrected chi connectivity index (χ2v) is 5.34. The molecule has 0 saturated heterocycles. The summed E-state index contributed by atoms with van der Waals surface area (Å²) in [5.41, 5.74) is 2.51. The average Bonchev–Trinajstić information content (AvgIpc) is 2.47. The van der Waals surface area contributed by atoms with Gasteiger partial charge in [0.1, 0.15) is 11.5 Å². The van der Waals surface area contributed by atoms with Crippen molar-refractivity contribution in [1.82, 2.24) is 0 Å². The molecule has 1 N–H and O–H groups in total. The Labute approximate surface area is 135 Å². The minimum atomic E-state index is -0.275. The first kappa shape index (κ1) is 16.2. The molecule has 0 fully saturated rings. The highest BCUT2D eigenvalue weighted by Crippen LogP contribution is 2.28. The lowest BCUT2D eigenvalue weighted by Gasteiger charge is -2.13. The van der Waals surface area contributed by atoms with Crippen molar-refractivity contribution in [3.63, 3.8) is 0 Å². The van der Waals surface area contributed by atoms with E-state index in [1.807, 2.05) is 32.0 Å². The van der Waals surface area contributed by atoms with E-state index in [0.29, 0.717) is 16.5 Å². The third kappa shape index (κ3) is 3.92. The second kappa shape index (κ2) is 7.18. The molecule has 5 heteroatoms. The van der Waals surface area contributed by atoms with E-state index in [2.05, 4.69) is 5.32 Å². The van der Waals surface area contributed by atoms with Gasteiger partial charge in [-0.15, -0.1) is 0 Å². The van der Waals surface area contributed by atoms with Gasteiger partial charge in [-0.3, -0.25) is 4.79 Å². The van der Waals surface area contributed by atoms with Crippen LogP contribution in [0.3, 0.4) is 0 Å². The summed E-state index contributed by atoms with van der Waals surface area (Å²) in [5.74, 6) is 1.00. The average molecular weight is 320 g/mol. The van der Waals surface area contributed by atoms with Crippen LogP contribution in [-0.4, -0.2) is 19.6 Å². The van der Waals surface area contributed by atoms with Crippen molar-refractivity contribution in [2.75, 3.05) is 19.0 Å². The van der Waals surface area contributed by atoms with Crippen LogP contribution in [0.1, 0.15) is 11.1 Å². The molecule has 4 nitrogen and oxygen atoms in total. The maximum atomic E-state index is 12.1. The van der Waals surface area contributed by atoms with Crippen molar-refractivity contribution in [2.45, 2.75) is 13.8 Å². The van der Waals surface area contributed by atoms with Gasteiger partial charge >= 0.3 is 0 Å². The molecule has 0 aliphatic rings. The molecule has 0 atom stereocenters. The number of hydrogen-bond acceptors (Lipinski definition) is 3. The highest BCUT2D eigenvalue weighted by atomic mass is 35.5. The van der Waals surface area contributed by atoms with E-state index >= 15 is 0 Å². The quantitative estimate of drug-likeness (QED) is 0.906. The largest absolute Gasteiger partial charge is 0.495 e. The molecule has 22 heavy (non-hydrogen) atoms. The molecular weight excluding hydrogens is 302 g/mol. The molecule has 0 spiro atoms. The first-order valence-electron chi connectivity index (χ1n) is 6.83. The van der Waals surface area contributed by atoms with Gasteiger partial charge in [0.25, 0.3) is 5.91 Å². The molecule has 0 aliphatic carbocycles. The molecule has 2 aromatic rings. The van der Waals surface area contributed by atoms with Gasteiger partial charge in [0.2, 0.25) is 0 Å². The van der Waals surface area contributed by atoms with E-state index in [1.165, 1.54) is 7.11 Å². The molecule has 2 aromatic carbocycles. The molecule has 1 amide bonds. The fourth-order valence-electron chi connectivity index (χ4n) is 2.13. The summed E-state index contributed by atoms with van der Waals surface area (Å²) in [5, 5.41) is 3.26. The maximum absolute atomic E-state index is 12.1. The van der Waals surface area contributed by atoms with Gasteiger partial charge < -0.3 is 14.8 Å². The van der Waals surface area contributed by atoms with Crippen LogP contribution in [0.4, 0.5) is 5.69 Å². The highest BCUT2D eigenvalue weighted by Gasteiger charge is 2.10. The van der Waals surface area contributed by atoms with Crippen LogP contribution in [0.25, 0.3) is 0 Å². The van der Waals surface area contributed by atoms with Gasteiger partial charge in [0.15, 0.2) is 6.61 Å². The number of ether oxygens (including phenoxy) is 2. The predicted molar refractivity (Wildman–Crippen MR) is 88.0 cm³/mol. The Morgan fingerprint density at radius 2 is 1.86 bits per heavy atom. The molecule has 0 unspecified atom stereocenters. The zero-order chi connectivity index (χ0) is 16.1. The highest BCUT2D eigenvalue weighted by molar-refractivity contribution is 6.31. The van der Waals surface area contributed by atoms with Gasteiger partial charge in [-0.05, 0) is 43.2 Å². The van der Waals surface area contributed by atoms with Crippen LogP contribution in [0.15, 0.2) is 36.4 Å². The van der Waals surface area contributed by atoms with Gasteiger partial charge in [0, 0.05) is 5.02 Å². The zero-order valence-corrected chi connectivity index (χ0v) is 13.5. The monoisotopic (exact) mass is 319 g/mol. The normalized spacial score (nSPS) is 10.2. The SMILES string of the molecule is COc1ccc(Cl)cc1NC(=O)COc1c(C)cccc1C. The van der Waals surface area contributed by atoms with E-state index in [-0.39, 0.29) is 12.5 Å². The minimum absolute atomic E-state index is 0.0820. The molecule has 2 rings (SSSR count). The second-order valence-electron chi connectivity index (χ2n) is 4.90. The van der Waals surface area contributed by atoms with Crippen molar-refractivity contribution in [3.05, 3.63) is 52.5 Å². The number of carbonyl (C=O) groups excluding carboxylic acids is 1. The summed E-state index contributed by atoms with van der Waals surface area (Å²) < 4.78 is 10.8. The van der Waals surface area contributed by atoms with Gasteiger partial charge in [-0.2, -0.15) is 0 Å². The van der Waals surface area contributed by atoms with Crippen molar-refractivity contribution < 1.29 is 14.3 Å². The van der Waals surface area contributed by atoms with Crippen LogP contribution in [0.5, 0.6) is 11.5 Å². The number of benzene rings is 2. The molecule has 0 aliphatic heterocycles. The molecule has 0 saturated carbocycles. The van der Waals surface area contributed by atoms with Crippen molar-refractivity contribution in [2.24, 2.45) is 0 Å².